The molecule has 0 saturated heterocycles. The first-order valence-electron chi connectivity index (χ1n) is 11.7. The highest BCUT2D eigenvalue weighted by atomic mass is 32.2. The average molecular weight is 528 g/mol. The van der Waals surface area contributed by atoms with Gasteiger partial charge in [-0.2, -0.15) is 0 Å². The summed E-state index contributed by atoms with van der Waals surface area (Å²) >= 11 is 0. The Morgan fingerprint density at radius 1 is 1.00 bits per heavy atom. The molecule has 11 heteroatoms. The van der Waals surface area contributed by atoms with E-state index in [4.69, 9.17) is 0 Å². The number of sulfonamides is 1. The maximum Gasteiger partial charge on any atom is 0.242 e. The van der Waals surface area contributed by atoms with Crippen molar-refractivity contribution in [3.05, 3.63) is 65.5 Å². The van der Waals surface area contributed by atoms with Gasteiger partial charge in [-0.05, 0) is 49.1 Å². The van der Waals surface area contributed by atoms with E-state index in [1.165, 1.54) is 29.2 Å². The van der Waals surface area contributed by atoms with E-state index in [1.807, 2.05) is 6.92 Å². The maximum absolute atomic E-state index is 13.7. The minimum absolute atomic E-state index is 0.0580. The zero-order valence-electron chi connectivity index (χ0n) is 20.6. The molecule has 0 aromatic heterocycles. The summed E-state index contributed by atoms with van der Waals surface area (Å²) in [6, 6.07) is 7.58. The van der Waals surface area contributed by atoms with Crippen LogP contribution in [0.15, 0.2) is 42.5 Å². The van der Waals surface area contributed by atoms with Crippen LogP contribution in [0.1, 0.15) is 45.1 Å². The highest BCUT2D eigenvalue weighted by molar-refractivity contribution is 7.92. The summed E-state index contributed by atoms with van der Waals surface area (Å²) in [4.78, 5) is 27.4. The molecule has 7 nitrogen and oxygen atoms in total. The van der Waals surface area contributed by atoms with Crippen molar-refractivity contribution in [3.63, 3.8) is 0 Å². The molecule has 36 heavy (non-hydrogen) atoms. The number of nitrogens with zero attached hydrogens (tertiary/aromatic N) is 2. The summed E-state index contributed by atoms with van der Waals surface area (Å²) in [6.45, 7) is 4.04. The molecule has 0 saturated carbocycles. The van der Waals surface area contributed by atoms with Crippen molar-refractivity contribution in [2.24, 2.45) is 0 Å². The highest BCUT2D eigenvalue weighted by Crippen LogP contribution is 2.22. The van der Waals surface area contributed by atoms with Gasteiger partial charge in [0.15, 0.2) is 11.6 Å². The molecule has 0 bridgehead atoms. The lowest BCUT2D eigenvalue weighted by Gasteiger charge is -2.31. The van der Waals surface area contributed by atoms with Crippen LogP contribution in [0.2, 0.25) is 0 Å². The maximum atomic E-state index is 13.7. The van der Waals surface area contributed by atoms with Crippen LogP contribution in [0.4, 0.5) is 18.9 Å². The average Bonchev–Trinajstić information content (AvgIpc) is 2.82. The minimum atomic E-state index is -3.84. The first kappa shape index (κ1) is 29.2. The second-order valence-electron chi connectivity index (χ2n) is 8.40. The van der Waals surface area contributed by atoms with Gasteiger partial charge in [-0.15, -0.1) is 0 Å². The number of hydrogen-bond donors (Lipinski definition) is 1. The van der Waals surface area contributed by atoms with Gasteiger partial charge >= 0.3 is 0 Å². The molecule has 0 spiro atoms. The lowest BCUT2D eigenvalue weighted by atomic mass is 10.1. The quantitative estimate of drug-likeness (QED) is 0.427. The SMILES string of the molecule is CCCNC(=O)C(CC)N(Cc1ccc(F)cc1)C(=O)CCCN(c1ccc(F)c(F)c1)S(C)(=O)=O. The van der Waals surface area contributed by atoms with Crippen LogP contribution >= 0.6 is 0 Å². The summed E-state index contributed by atoms with van der Waals surface area (Å²) in [5, 5.41) is 2.79. The van der Waals surface area contributed by atoms with Gasteiger partial charge in [-0.3, -0.25) is 13.9 Å². The summed E-state index contributed by atoms with van der Waals surface area (Å²) in [5.74, 6) is -3.43. The van der Waals surface area contributed by atoms with E-state index in [0.717, 1.165) is 35.2 Å². The Labute approximate surface area is 210 Å². The van der Waals surface area contributed by atoms with Gasteiger partial charge in [-0.1, -0.05) is 26.0 Å². The normalized spacial score (nSPS) is 12.2. The number of carbonyl (C=O) groups excluding carboxylic acids is 2. The molecule has 1 N–H and O–H groups in total. The smallest absolute Gasteiger partial charge is 0.242 e. The van der Waals surface area contributed by atoms with Crippen LogP contribution in [0.3, 0.4) is 0 Å². The van der Waals surface area contributed by atoms with E-state index in [9.17, 15) is 31.2 Å². The molecule has 2 aromatic rings. The second-order valence-corrected chi connectivity index (χ2v) is 10.3. The van der Waals surface area contributed by atoms with Gasteiger partial charge in [0, 0.05) is 32.1 Å². The minimum Gasteiger partial charge on any atom is -0.354 e. The first-order chi connectivity index (χ1) is 17.0. The highest BCUT2D eigenvalue weighted by Gasteiger charge is 2.28. The molecule has 0 aliphatic rings. The lowest BCUT2D eigenvalue weighted by molar-refractivity contribution is -0.141. The van der Waals surface area contributed by atoms with Crippen molar-refractivity contribution >= 4 is 27.5 Å². The third-order valence-corrected chi connectivity index (χ3v) is 6.74. The first-order valence-corrected chi connectivity index (χ1v) is 13.6. The predicted molar refractivity (Wildman–Crippen MR) is 132 cm³/mol. The van der Waals surface area contributed by atoms with E-state index in [-0.39, 0.29) is 37.5 Å². The second kappa shape index (κ2) is 13.3. The molecular weight excluding hydrogens is 495 g/mol. The number of amides is 2. The van der Waals surface area contributed by atoms with Gasteiger partial charge in [0.1, 0.15) is 11.9 Å². The van der Waals surface area contributed by atoms with Gasteiger partial charge in [0.2, 0.25) is 21.8 Å². The van der Waals surface area contributed by atoms with Crippen molar-refractivity contribution in [2.75, 3.05) is 23.7 Å². The van der Waals surface area contributed by atoms with E-state index < -0.39 is 39.4 Å². The Morgan fingerprint density at radius 2 is 1.67 bits per heavy atom. The molecule has 0 aliphatic carbocycles. The van der Waals surface area contributed by atoms with Crippen molar-refractivity contribution in [3.8, 4) is 0 Å². The molecular formula is C25H32F3N3O4S. The number of nitrogens with one attached hydrogen (secondary N) is 1. The Kier molecular flexibility index (Phi) is 10.8. The molecule has 1 atom stereocenters. The summed E-state index contributed by atoms with van der Waals surface area (Å²) in [7, 11) is -3.84. The molecule has 0 radical (unpaired) electrons. The standard InChI is InChI=1S/C25H32F3N3O4S/c1-4-14-29-25(33)23(5-2)30(17-18-8-10-19(26)11-9-18)24(32)7-6-15-31(36(3,34)35)20-12-13-21(27)22(28)16-20/h8-13,16,23H,4-7,14-15,17H2,1-3H3,(H,29,33). The van der Waals surface area contributed by atoms with E-state index in [1.54, 1.807) is 6.92 Å². The zero-order valence-corrected chi connectivity index (χ0v) is 21.5. The van der Waals surface area contributed by atoms with Crippen LogP contribution in [0, 0.1) is 17.5 Å². The third kappa shape index (κ3) is 8.25. The molecule has 2 rings (SSSR count). The van der Waals surface area contributed by atoms with Crippen molar-refractivity contribution in [2.45, 2.75) is 52.1 Å². The Morgan fingerprint density at radius 3 is 2.22 bits per heavy atom. The molecule has 2 amide bonds. The van der Waals surface area contributed by atoms with Crippen LogP contribution in [-0.2, 0) is 26.2 Å². The Bertz CT molecular complexity index is 1140. The van der Waals surface area contributed by atoms with Gasteiger partial charge in [0.05, 0.1) is 11.9 Å². The number of carbonyl (C=O) groups is 2. The number of rotatable bonds is 13. The topological polar surface area (TPSA) is 86.8 Å². The predicted octanol–water partition coefficient (Wildman–Crippen LogP) is 3.98. The number of halogens is 3. The van der Waals surface area contributed by atoms with Crippen LogP contribution in [0.25, 0.3) is 0 Å². The third-order valence-electron chi connectivity index (χ3n) is 5.54. The number of anilines is 1. The summed E-state index contributed by atoms with van der Waals surface area (Å²) in [6.07, 6.45) is 1.96. The Hall–Kier alpha value is -3.08. The van der Waals surface area contributed by atoms with E-state index >= 15 is 0 Å². The monoisotopic (exact) mass is 527 g/mol. The molecule has 0 fully saturated rings. The summed E-state index contributed by atoms with van der Waals surface area (Å²) in [5.41, 5.74) is 0.573. The Balaban J connectivity index is 2.21. The molecule has 2 aromatic carbocycles. The fourth-order valence-electron chi connectivity index (χ4n) is 3.72. The van der Waals surface area contributed by atoms with Crippen molar-refractivity contribution < 1.29 is 31.2 Å². The van der Waals surface area contributed by atoms with Crippen LogP contribution < -0.4 is 9.62 Å². The molecule has 0 aliphatic heterocycles. The van der Waals surface area contributed by atoms with Crippen molar-refractivity contribution in [1.82, 2.24) is 10.2 Å². The molecule has 1 unspecified atom stereocenters. The fourth-order valence-corrected chi connectivity index (χ4v) is 4.67. The molecule has 198 valence electrons. The van der Waals surface area contributed by atoms with Crippen LogP contribution in [0.5, 0.6) is 0 Å². The van der Waals surface area contributed by atoms with Gasteiger partial charge in [0.25, 0.3) is 0 Å². The lowest BCUT2D eigenvalue weighted by Crippen LogP contribution is -2.49. The van der Waals surface area contributed by atoms with Crippen LogP contribution in [-0.4, -0.2) is 50.5 Å². The number of benzene rings is 2. The summed E-state index contributed by atoms with van der Waals surface area (Å²) < 4.78 is 65.8. The molecule has 0 heterocycles. The van der Waals surface area contributed by atoms with E-state index in [0.29, 0.717) is 18.5 Å². The van der Waals surface area contributed by atoms with E-state index in [2.05, 4.69) is 5.32 Å². The van der Waals surface area contributed by atoms with Crippen molar-refractivity contribution in [1.29, 1.82) is 0 Å². The largest absolute Gasteiger partial charge is 0.354 e. The van der Waals surface area contributed by atoms with Gasteiger partial charge in [-0.25, -0.2) is 21.6 Å². The van der Waals surface area contributed by atoms with Gasteiger partial charge < -0.3 is 10.2 Å². The fraction of sp³-hybridized carbons (Fsp3) is 0.440. The zero-order chi connectivity index (χ0) is 26.9. The number of hydrogen-bond acceptors (Lipinski definition) is 4.